The lowest BCUT2D eigenvalue weighted by atomic mass is 9.91. The van der Waals surface area contributed by atoms with E-state index >= 15 is 0 Å². The van der Waals surface area contributed by atoms with Crippen molar-refractivity contribution >= 4 is 35.4 Å². The van der Waals surface area contributed by atoms with Crippen LogP contribution in [0.25, 0.3) is 0 Å². The van der Waals surface area contributed by atoms with Crippen molar-refractivity contribution in [3.63, 3.8) is 0 Å². The molecular weight excluding hydrogens is 324 g/mol. The molecule has 22 heavy (non-hydrogen) atoms. The van der Waals surface area contributed by atoms with Gasteiger partial charge in [0, 0.05) is 19.1 Å². The van der Waals surface area contributed by atoms with Crippen LogP contribution < -0.4 is 11.2 Å². The van der Waals surface area contributed by atoms with E-state index in [1.807, 2.05) is 27.0 Å². The lowest BCUT2D eigenvalue weighted by Crippen LogP contribution is -2.49. The Balaban J connectivity index is 0.00000441. The van der Waals surface area contributed by atoms with Crippen LogP contribution in [0.1, 0.15) is 46.5 Å². The monoisotopic (exact) mass is 352 g/mol. The number of nitrogens with two attached hydrogens (primary N) is 1. The predicted molar refractivity (Wildman–Crippen MR) is 95.6 cm³/mol. The number of carbonyl (C=O) groups excluding carboxylic acids is 1. The fourth-order valence-electron chi connectivity index (χ4n) is 2.44. The topological polar surface area (TPSA) is 80.0 Å². The van der Waals surface area contributed by atoms with Crippen LogP contribution in [0.15, 0.2) is 4.99 Å². The Hall–Kier alpha value is -0.660. The van der Waals surface area contributed by atoms with E-state index in [0.717, 1.165) is 30.9 Å². The number of nitrogens with one attached hydrogen (secondary N) is 1. The molecule has 0 aliphatic heterocycles. The highest BCUT2D eigenvalue weighted by atomic mass is 35.5. The molecule has 0 unspecified atom stereocenters. The van der Waals surface area contributed by atoms with Crippen LogP contribution >= 0.6 is 24.2 Å². The molecule has 8 heteroatoms. The minimum absolute atomic E-state index is 0. The van der Waals surface area contributed by atoms with Gasteiger partial charge in [0.2, 0.25) is 0 Å². The zero-order valence-corrected chi connectivity index (χ0v) is 15.7. The SMILES string of the molecule is CN=C(SC)N(N)C1CCC(NC(=O)OC(C)(C)C)CC1.Cl. The van der Waals surface area contributed by atoms with E-state index in [0.29, 0.717) is 0 Å². The quantitative estimate of drug-likeness (QED) is 0.346. The van der Waals surface area contributed by atoms with Crippen LogP contribution in [-0.4, -0.2) is 47.3 Å². The number of alkyl carbamates (subject to hydrolysis) is 1. The smallest absolute Gasteiger partial charge is 0.407 e. The first-order chi connectivity index (χ1) is 9.76. The maximum atomic E-state index is 11.8. The van der Waals surface area contributed by atoms with Crippen molar-refractivity contribution < 1.29 is 9.53 Å². The average Bonchev–Trinajstić information content (AvgIpc) is 2.38. The number of amides is 1. The number of ether oxygens (including phenoxy) is 1. The van der Waals surface area contributed by atoms with Gasteiger partial charge in [0.05, 0.1) is 0 Å². The second kappa shape index (κ2) is 9.47. The molecule has 1 aliphatic carbocycles. The molecule has 0 aromatic heterocycles. The van der Waals surface area contributed by atoms with E-state index in [-0.39, 0.29) is 30.6 Å². The van der Waals surface area contributed by atoms with E-state index < -0.39 is 5.60 Å². The molecule has 1 rings (SSSR count). The molecule has 0 radical (unpaired) electrons. The zero-order valence-electron chi connectivity index (χ0n) is 14.1. The summed E-state index contributed by atoms with van der Waals surface area (Å²) in [5.41, 5.74) is -0.458. The summed E-state index contributed by atoms with van der Waals surface area (Å²) >= 11 is 1.55. The van der Waals surface area contributed by atoms with Crippen LogP contribution in [0.2, 0.25) is 0 Å². The first-order valence-electron chi connectivity index (χ1n) is 7.31. The molecule has 0 saturated heterocycles. The largest absolute Gasteiger partial charge is 0.444 e. The zero-order chi connectivity index (χ0) is 16.0. The first kappa shape index (κ1) is 21.3. The normalized spacial score (nSPS) is 22.5. The summed E-state index contributed by atoms with van der Waals surface area (Å²) < 4.78 is 5.28. The number of carbonyl (C=O) groups is 1. The predicted octanol–water partition coefficient (Wildman–Crippen LogP) is 2.77. The Labute approximate surface area is 144 Å². The van der Waals surface area contributed by atoms with Gasteiger partial charge in [0.1, 0.15) is 5.60 Å². The Kier molecular flexibility index (Phi) is 9.19. The summed E-state index contributed by atoms with van der Waals surface area (Å²) in [5.74, 6) is 6.11. The third-order valence-corrected chi connectivity index (χ3v) is 4.16. The number of rotatable bonds is 2. The minimum Gasteiger partial charge on any atom is -0.444 e. The molecular formula is C14H29ClN4O2S. The van der Waals surface area contributed by atoms with Gasteiger partial charge >= 0.3 is 6.09 Å². The maximum Gasteiger partial charge on any atom is 0.407 e. The third kappa shape index (κ3) is 7.07. The van der Waals surface area contributed by atoms with Crippen molar-refractivity contribution in [2.45, 2.75) is 64.1 Å². The van der Waals surface area contributed by atoms with Gasteiger partial charge in [-0.3, -0.25) is 10.0 Å². The van der Waals surface area contributed by atoms with Crippen molar-refractivity contribution in [2.24, 2.45) is 10.8 Å². The van der Waals surface area contributed by atoms with Crippen molar-refractivity contribution in [1.82, 2.24) is 10.3 Å². The van der Waals surface area contributed by atoms with E-state index in [2.05, 4.69) is 10.3 Å². The van der Waals surface area contributed by atoms with Crippen LogP contribution in [0.3, 0.4) is 0 Å². The number of hydrogen-bond donors (Lipinski definition) is 2. The second-order valence-corrected chi connectivity index (χ2v) is 7.04. The highest BCUT2D eigenvalue weighted by Crippen LogP contribution is 2.23. The summed E-state index contributed by atoms with van der Waals surface area (Å²) in [6, 6.07) is 0.452. The maximum absolute atomic E-state index is 11.8. The highest BCUT2D eigenvalue weighted by molar-refractivity contribution is 8.13. The number of hydrazine groups is 1. The molecule has 3 N–H and O–H groups in total. The molecule has 1 fully saturated rings. The molecule has 0 spiro atoms. The molecule has 1 aliphatic rings. The van der Waals surface area contributed by atoms with Gasteiger partial charge in [-0.15, -0.1) is 12.4 Å². The minimum atomic E-state index is -0.458. The number of hydrogen-bond acceptors (Lipinski definition) is 5. The Bertz CT molecular complexity index is 380. The van der Waals surface area contributed by atoms with E-state index in [9.17, 15) is 4.79 Å². The molecule has 1 saturated carbocycles. The van der Waals surface area contributed by atoms with Crippen molar-refractivity contribution in [2.75, 3.05) is 13.3 Å². The summed E-state index contributed by atoms with van der Waals surface area (Å²) in [6.07, 6.45) is 5.33. The summed E-state index contributed by atoms with van der Waals surface area (Å²) in [6.45, 7) is 5.59. The fourth-order valence-corrected chi connectivity index (χ4v) is 2.98. The molecule has 6 nitrogen and oxygen atoms in total. The first-order valence-corrected chi connectivity index (χ1v) is 8.53. The van der Waals surface area contributed by atoms with Crippen LogP contribution in [0, 0.1) is 0 Å². The van der Waals surface area contributed by atoms with Gasteiger partial charge in [-0.05, 0) is 52.7 Å². The van der Waals surface area contributed by atoms with Gasteiger partial charge in [0.15, 0.2) is 5.17 Å². The molecule has 0 aromatic carbocycles. The molecule has 0 heterocycles. The lowest BCUT2D eigenvalue weighted by Gasteiger charge is -2.35. The van der Waals surface area contributed by atoms with Crippen LogP contribution in [0.5, 0.6) is 0 Å². The third-order valence-electron chi connectivity index (χ3n) is 3.41. The van der Waals surface area contributed by atoms with Gasteiger partial charge in [-0.2, -0.15) is 0 Å². The van der Waals surface area contributed by atoms with Gasteiger partial charge < -0.3 is 10.1 Å². The van der Waals surface area contributed by atoms with Gasteiger partial charge in [-0.25, -0.2) is 10.6 Å². The Morgan fingerprint density at radius 2 is 1.86 bits per heavy atom. The van der Waals surface area contributed by atoms with Gasteiger partial charge in [-0.1, -0.05) is 11.8 Å². The number of nitrogens with zero attached hydrogens (tertiary/aromatic N) is 2. The number of halogens is 1. The van der Waals surface area contributed by atoms with Crippen molar-refractivity contribution in [3.8, 4) is 0 Å². The molecule has 0 atom stereocenters. The molecule has 0 bridgehead atoms. The van der Waals surface area contributed by atoms with E-state index in [4.69, 9.17) is 10.6 Å². The van der Waals surface area contributed by atoms with Crippen LogP contribution in [0.4, 0.5) is 4.79 Å². The van der Waals surface area contributed by atoms with Crippen LogP contribution in [-0.2, 0) is 4.74 Å². The molecule has 0 aromatic rings. The highest BCUT2D eigenvalue weighted by Gasteiger charge is 2.28. The van der Waals surface area contributed by atoms with E-state index in [1.54, 1.807) is 23.8 Å². The second-order valence-electron chi connectivity index (χ2n) is 6.27. The van der Waals surface area contributed by atoms with E-state index in [1.165, 1.54) is 0 Å². The number of amidine groups is 1. The lowest BCUT2D eigenvalue weighted by molar-refractivity contribution is 0.0485. The Morgan fingerprint density at radius 3 is 2.27 bits per heavy atom. The molecule has 130 valence electrons. The summed E-state index contributed by atoms with van der Waals surface area (Å²) in [4.78, 5) is 15.9. The molecule has 1 amide bonds. The fraction of sp³-hybridized carbons (Fsp3) is 0.857. The Morgan fingerprint density at radius 1 is 1.32 bits per heavy atom. The van der Waals surface area contributed by atoms with Crippen molar-refractivity contribution in [1.29, 1.82) is 0 Å². The summed E-state index contributed by atoms with van der Waals surface area (Å²) in [7, 11) is 1.75. The summed E-state index contributed by atoms with van der Waals surface area (Å²) in [5, 5.41) is 5.54. The number of aliphatic imine (C=N–C) groups is 1. The average molecular weight is 353 g/mol. The standard InChI is InChI=1S/C14H28N4O2S.ClH/c1-14(2,3)20-13(19)17-10-6-8-11(9-7-10)18(15)12(16-4)21-5;/h10-11H,6-9,15H2,1-5H3,(H,17,19);1H. The number of thioether (sulfide) groups is 1. The van der Waals surface area contributed by atoms with Gasteiger partial charge in [0.25, 0.3) is 0 Å². The van der Waals surface area contributed by atoms with Crippen molar-refractivity contribution in [3.05, 3.63) is 0 Å².